The minimum atomic E-state index is -0.281. The van der Waals surface area contributed by atoms with Crippen LogP contribution in [0.3, 0.4) is 0 Å². The molecular weight excluding hydrogens is 156 g/mol. The van der Waals surface area contributed by atoms with Crippen LogP contribution in [0.25, 0.3) is 0 Å². The Kier molecular flexibility index (Phi) is 2.43. The van der Waals surface area contributed by atoms with Crippen LogP contribution in [0.2, 0.25) is 0 Å². The lowest BCUT2D eigenvalue weighted by Gasteiger charge is -1.99. The number of carbonyl (C=O) groups is 1. The summed E-state index contributed by atoms with van der Waals surface area (Å²) in [5.41, 5.74) is 0.449. The van der Waals surface area contributed by atoms with E-state index >= 15 is 0 Å². The van der Waals surface area contributed by atoms with Gasteiger partial charge in [-0.3, -0.25) is 9.48 Å². The van der Waals surface area contributed by atoms with E-state index in [1.165, 1.54) is 10.9 Å². The standard InChI is InChI=1S/C7H8N4O/c1-11-6(2-4-10-11)7(12)9-5-3-8/h2,4H,5H2,1H3,(H,9,12). The first-order valence-electron chi connectivity index (χ1n) is 3.39. The van der Waals surface area contributed by atoms with Crippen LogP contribution < -0.4 is 5.32 Å². The fraction of sp³-hybridized carbons (Fsp3) is 0.286. The predicted octanol–water partition coefficient (Wildman–Crippen LogP) is -0.327. The van der Waals surface area contributed by atoms with Gasteiger partial charge >= 0.3 is 0 Å². The Hall–Kier alpha value is -1.83. The van der Waals surface area contributed by atoms with E-state index < -0.39 is 0 Å². The molecule has 1 amide bonds. The minimum Gasteiger partial charge on any atom is -0.338 e. The van der Waals surface area contributed by atoms with Crippen molar-refractivity contribution >= 4 is 5.91 Å². The van der Waals surface area contributed by atoms with Gasteiger partial charge in [0.05, 0.1) is 6.07 Å². The number of aromatic nitrogens is 2. The van der Waals surface area contributed by atoms with Crippen molar-refractivity contribution in [3.05, 3.63) is 18.0 Å². The van der Waals surface area contributed by atoms with E-state index in [0.717, 1.165) is 0 Å². The molecule has 0 saturated carbocycles. The number of nitrogens with zero attached hydrogens (tertiary/aromatic N) is 3. The Morgan fingerprint density at radius 1 is 1.92 bits per heavy atom. The molecule has 0 fully saturated rings. The fourth-order valence-corrected chi connectivity index (χ4v) is 0.807. The van der Waals surface area contributed by atoms with Gasteiger partial charge < -0.3 is 5.32 Å². The molecule has 5 nitrogen and oxygen atoms in total. The van der Waals surface area contributed by atoms with Gasteiger partial charge in [-0.2, -0.15) is 10.4 Å². The molecule has 0 unspecified atom stereocenters. The maximum absolute atomic E-state index is 11.2. The second-order valence-electron chi connectivity index (χ2n) is 2.18. The van der Waals surface area contributed by atoms with E-state index in [0.29, 0.717) is 5.69 Å². The molecule has 12 heavy (non-hydrogen) atoms. The number of nitriles is 1. The van der Waals surface area contributed by atoms with Crippen LogP contribution in [0, 0.1) is 11.3 Å². The number of amides is 1. The predicted molar refractivity (Wildman–Crippen MR) is 41.2 cm³/mol. The largest absolute Gasteiger partial charge is 0.338 e. The maximum Gasteiger partial charge on any atom is 0.270 e. The molecule has 1 aromatic rings. The molecule has 0 saturated heterocycles. The average Bonchev–Trinajstić information content (AvgIpc) is 2.47. The molecule has 0 spiro atoms. The molecule has 0 aliphatic rings. The molecule has 0 atom stereocenters. The summed E-state index contributed by atoms with van der Waals surface area (Å²) in [6.45, 7) is 0.0179. The highest BCUT2D eigenvalue weighted by Gasteiger charge is 2.07. The summed E-state index contributed by atoms with van der Waals surface area (Å²) >= 11 is 0. The maximum atomic E-state index is 11.2. The number of hydrogen-bond donors (Lipinski definition) is 1. The Morgan fingerprint density at radius 3 is 3.17 bits per heavy atom. The van der Waals surface area contributed by atoms with E-state index in [9.17, 15) is 4.79 Å². The van der Waals surface area contributed by atoms with E-state index in [4.69, 9.17) is 5.26 Å². The van der Waals surface area contributed by atoms with Crippen LogP contribution in [0.15, 0.2) is 12.3 Å². The molecule has 1 N–H and O–H groups in total. The molecule has 5 heteroatoms. The Labute approximate surface area is 69.6 Å². The van der Waals surface area contributed by atoms with Gasteiger partial charge in [0, 0.05) is 13.2 Å². The molecular formula is C7H8N4O. The monoisotopic (exact) mass is 164 g/mol. The van der Waals surface area contributed by atoms with Crippen molar-refractivity contribution in [3.63, 3.8) is 0 Å². The third-order valence-electron chi connectivity index (χ3n) is 1.38. The Bertz CT molecular complexity index is 322. The van der Waals surface area contributed by atoms with Gasteiger partial charge in [-0.15, -0.1) is 0 Å². The van der Waals surface area contributed by atoms with Crippen LogP contribution in [0.4, 0.5) is 0 Å². The van der Waals surface area contributed by atoms with Gasteiger partial charge in [0.15, 0.2) is 0 Å². The second-order valence-corrected chi connectivity index (χ2v) is 2.18. The Morgan fingerprint density at radius 2 is 2.67 bits per heavy atom. The van der Waals surface area contributed by atoms with Crippen molar-refractivity contribution in [2.24, 2.45) is 7.05 Å². The lowest BCUT2D eigenvalue weighted by atomic mass is 10.4. The fourth-order valence-electron chi connectivity index (χ4n) is 0.807. The van der Waals surface area contributed by atoms with E-state index in [1.807, 2.05) is 6.07 Å². The zero-order chi connectivity index (χ0) is 8.97. The molecule has 1 aromatic heterocycles. The topological polar surface area (TPSA) is 70.7 Å². The third-order valence-corrected chi connectivity index (χ3v) is 1.38. The first kappa shape index (κ1) is 8.27. The average molecular weight is 164 g/mol. The zero-order valence-electron chi connectivity index (χ0n) is 6.61. The van der Waals surface area contributed by atoms with Crippen LogP contribution >= 0.6 is 0 Å². The first-order valence-corrected chi connectivity index (χ1v) is 3.39. The zero-order valence-corrected chi connectivity index (χ0v) is 6.61. The normalized spacial score (nSPS) is 9.00. The third kappa shape index (κ3) is 1.61. The number of aryl methyl sites for hydroxylation is 1. The second kappa shape index (κ2) is 3.53. The van der Waals surface area contributed by atoms with Gasteiger partial charge in [0.25, 0.3) is 5.91 Å². The summed E-state index contributed by atoms with van der Waals surface area (Å²) in [6, 6.07) is 3.41. The SMILES string of the molecule is Cn1nccc1C(=O)NCC#N. The van der Waals surface area contributed by atoms with Gasteiger partial charge in [0.2, 0.25) is 0 Å². The molecule has 1 rings (SSSR count). The molecule has 0 aliphatic carbocycles. The van der Waals surface area contributed by atoms with Gasteiger partial charge in [-0.05, 0) is 6.07 Å². The van der Waals surface area contributed by atoms with E-state index in [2.05, 4.69) is 10.4 Å². The molecule has 1 heterocycles. The summed E-state index contributed by atoms with van der Waals surface area (Å²) < 4.78 is 1.45. The van der Waals surface area contributed by atoms with Crippen LogP contribution in [0.1, 0.15) is 10.5 Å². The summed E-state index contributed by atoms with van der Waals surface area (Å²) in [4.78, 5) is 11.2. The van der Waals surface area contributed by atoms with E-state index in [1.54, 1.807) is 13.1 Å². The quantitative estimate of drug-likeness (QED) is 0.608. The number of carbonyl (C=O) groups excluding carboxylic acids is 1. The Balaban J connectivity index is 2.67. The first-order chi connectivity index (χ1) is 5.75. The lowest BCUT2D eigenvalue weighted by molar-refractivity contribution is 0.0949. The van der Waals surface area contributed by atoms with Crippen molar-refractivity contribution in [2.45, 2.75) is 0 Å². The molecule has 0 aromatic carbocycles. The number of hydrogen-bond acceptors (Lipinski definition) is 3. The summed E-state index contributed by atoms with van der Waals surface area (Å²) in [7, 11) is 1.67. The molecule has 0 bridgehead atoms. The van der Waals surface area contributed by atoms with Gasteiger partial charge in [-0.1, -0.05) is 0 Å². The lowest BCUT2D eigenvalue weighted by Crippen LogP contribution is -2.25. The summed E-state index contributed by atoms with van der Waals surface area (Å²) in [5.74, 6) is -0.281. The van der Waals surface area contributed by atoms with Gasteiger partial charge in [-0.25, -0.2) is 0 Å². The summed E-state index contributed by atoms with van der Waals surface area (Å²) in [5, 5.41) is 14.4. The van der Waals surface area contributed by atoms with Crippen LogP contribution in [0.5, 0.6) is 0 Å². The number of rotatable bonds is 2. The number of nitrogens with one attached hydrogen (secondary N) is 1. The van der Waals surface area contributed by atoms with Gasteiger partial charge in [0.1, 0.15) is 12.2 Å². The molecule has 0 aliphatic heterocycles. The molecule has 0 radical (unpaired) electrons. The highest BCUT2D eigenvalue weighted by atomic mass is 16.2. The van der Waals surface area contributed by atoms with Crippen molar-refractivity contribution < 1.29 is 4.79 Å². The van der Waals surface area contributed by atoms with Crippen molar-refractivity contribution in [1.82, 2.24) is 15.1 Å². The minimum absolute atomic E-state index is 0.0179. The summed E-state index contributed by atoms with van der Waals surface area (Å²) in [6.07, 6.45) is 1.53. The highest BCUT2D eigenvalue weighted by Crippen LogP contribution is 1.94. The van der Waals surface area contributed by atoms with Crippen molar-refractivity contribution in [2.75, 3.05) is 6.54 Å². The van der Waals surface area contributed by atoms with Crippen molar-refractivity contribution in [3.8, 4) is 6.07 Å². The van der Waals surface area contributed by atoms with E-state index in [-0.39, 0.29) is 12.5 Å². The van der Waals surface area contributed by atoms with Crippen molar-refractivity contribution in [1.29, 1.82) is 5.26 Å². The highest BCUT2D eigenvalue weighted by molar-refractivity contribution is 5.92. The smallest absolute Gasteiger partial charge is 0.270 e. The van der Waals surface area contributed by atoms with Crippen LogP contribution in [-0.4, -0.2) is 22.2 Å². The van der Waals surface area contributed by atoms with Crippen LogP contribution in [-0.2, 0) is 7.05 Å². The molecule has 62 valence electrons.